The van der Waals surface area contributed by atoms with Gasteiger partial charge in [-0.05, 0) is 31.5 Å². The molecule has 1 aromatic carbocycles. The molecule has 2 rings (SSSR count). The normalized spacial score (nSPS) is 24.0. The van der Waals surface area contributed by atoms with Crippen LogP contribution < -0.4 is 0 Å². The molecule has 17 heavy (non-hydrogen) atoms. The zero-order chi connectivity index (χ0) is 12.8. The minimum atomic E-state index is -1.43. The van der Waals surface area contributed by atoms with E-state index in [0.29, 0.717) is 0 Å². The molecule has 1 atom stereocenters. The molecule has 0 saturated carbocycles. The lowest BCUT2D eigenvalue weighted by Gasteiger charge is -2.19. The van der Waals surface area contributed by atoms with Crippen molar-refractivity contribution in [1.29, 1.82) is 0 Å². The SMILES string of the molecule is Cc1cc(F)c(C2(C)CC(=O)OC2=O)cc1F. The van der Waals surface area contributed by atoms with Gasteiger partial charge >= 0.3 is 11.9 Å². The van der Waals surface area contributed by atoms with E-state index in [4.69, 9.17) is 0 Å². The van der Waals surface area contributed by atoms with Crippen LogP contribution in [0.5, 0.6) is 0 Å². The van der Waals surface area contributed by atoms with E-state index in [1.807, 2.05) is 0 Å². The topological polar surface area (TPSA) is 43.4 Å². The molecule has 0 N–H and O–H groups in total. The van der Waals surface area contributed by atoms with Crippen LogP contribution in [0.2, 0.25) is 0 Å². The van der Waals surface area contributed by atoms with Gasteiger partial charge in [0.05, 0.1) is 6.42 Å². The first-order valence-corrected chi connectivity index (χ1v) is 5.06. The van der Waals surface area contributed by atoms with E-state index < -0.39 is 29.0 Å². The largest absolute Gasteiger partial charge is 0.392 e. The van der Waals surface area contributed by atoms with Gasteiger partial charge in [-0.25, -0.2) is 8.78 Å². The lowest BCUT2D eigenvalue weighted by atomic mass is 9.80. The molecule has 1 saturated heterocycles. The number of cyclic esters (lactones) is 2. The van der Waals surface area contributed by atoms with Crippen LogP contribution in [0.4, 0.5) is 8.78 Å². The van der Waals surface area contributed by atoms with Gasteiger partial charge in [-0.2, -0.15) is 0 Å². The van der Waals surface area contributed by atoms with Crippen molar-refractivity contribution < 1.29 is 23.1 Å². The number of aryl methyl sites for hydroxylation is 1. The van der Waals surface area contributed by atoms with Gasteiger partial charge in [0.2, 0.25) is 0 Å². The second-order valence-corrected chi connectivity index (χ2v) is 4.35. The Labute approximate surface area is 96.4 Å². The average molecular weight is 240 g/mol. The predicted molar refractivity (Wildman–Crippen MR) is 54.2 cm³/mol. The summed E-state index contributed by atoms with van der Waals surface area (Å²) in [6.07, 6.45) is -0.273. The van der Waals surface area contributed by atoms with Gasteiger partial charge in [0, 0.05) is 5.56 Å². The third-order valence-corrected chi connectivity index (χ3v) is 3.00. The summed E-state index contributed by atoms with van der Waals surface area (Å²) in [6.45, 7) is 2.79. The van der Waals surface area contributed by atoms with E-state index in [1.54, 1.807) is 0 Å². The molecule has 0 aliphatic carbocycles. The minimum Gasteiger partial charge on any atom is -0.392 e. The van der Waals surface area contributed by atoms with Gasteiger partial charge in [0.25, 0.3) is 0 Å². The van der Waals surface area contributed by atoms with E-state index >= 15 is 0 Å². The quantitative estimate of drug-likeness (QED) is 0.557. The number of hydrogen-bond donors (Lipinski definition) is 0. The maximum Gasteiger partial charge on any atom is 0.324 e. The summed E-state index contributed by atoms with van der Waals surface area (Å²) in [6, 6.07) is 1.95. The zero-order valence-corrected chi connectivity index (χ0v) is 9.34. The van der Waals surface area contributed by atoms with Crippen LogP contribution in [0.1, 0.15) is 24.5 Å². The summed E-state index contributed by atoms with van der Waals surface area (Å²) in [5.41, 5.74) is -1.43. The molecular weight excluding hydrogens is 230 g/mol. The molecule has 1 heterocycles. The first-order valence-electron chi connectivity index (χ1n) is 5.06. The Balaban J connectivity index is 2.58. The molecule has 0 spiro atoms. The fourth-order valence-electron chi connectivity index (χ4n) is 1.89. The number of halogens is 2. The van der Waals surface area contributed by atoms with E-state index in [9.17, 15) is 18.4 Å². The van der Waals surface area contributed by atoms with Crippen LogP contribution in [-0.4, -0.2) is 11.9 Å². The number of carbonyl (C=O) groups is 2. The molecular formula is C12H10F2O3. The first-order chi connectivity index (χ1) is 7.84. The van der Waals surface area contributed by atoms with Crippen LogP contribution >= 0.6 is 0 Å². The van der Waals surface area contributed by atoms with Crippen LogP contribution in [0.15, 0.2) is 12.1 Å². The van der Waals surface area contributed by atoms with Crippen LogP contribution in [0.25, 0.3) is 0 Å². The molecule has 1 aliphatic heterocycles. The third kappa shape index (κ3) is 1.71. The Hall–Kier alpha value is -1.78. The van der Waals surface area contributed by atoms with Crippen molar-refractivity contribution in [3.63, 3.8) is 0 Å². The fraction of sp³-hybridized carbons (Fsp3) is 0.333. The predicted octanol–water partition coefficient (Wildman–Crippen LogP) is 2.00. The van der Waals surface area contributed by atoms with Crippen molar-refractivity contribution in [2.45, 2.75) is 25.7 Å². The average Bonchev–Trinajstić information content (AvgIpc) is 2.47. The first kappa shape index (κ1) is 11.7. The number of ether oxygens (including phenoxy) is 1. The van der Waals surface area contributed by atoms with Gasteiger partial charge in [-0.15, -0.1) is 0 Å². The molecule has 90 valence electrons. The summed E-state index contributed by atoms with van der Waals surface area (Å²) < 4.78 is 31.5. The second kappa shape index (κ2) is 3.61. The van der Waals surface area contributed by atoms with Gasteiger partial charge in [0.1, 0.15) is 17.0 Å². The van der Waals surface area contributed by atoms with Gasteiger partial charge in [-0.3, -0.25) is 9.59 Å². The monoisotopic (exact) mass is 240 g/mol. The smallest absolute Gasteiger partial charge is 0.324 e. The maximum atomic E-state index is 13.7. The molecule has 5 heteroatoms. The molecule has 0 bridgehead atoms. The third-order valence-electron chi connectivity index (χ3n) is 3.00. The summed E-state index contributed by atoms with van der Waals surface area (Å²) in [4.78, 5) is 22.6. The van der Waals surface area contributed by atoms with Gasteiger partial charge in [0.15, 0.2) is 0 Å². The van der Waals surface area contributed by atoms with Crippen molar-refractivity contribution in [3.05, 3.63) is 34.9 Å². The van der Waals surface area contributed by atoms with Crippen LogP contribution in [-0.2, 0) is 19.7 Å². The number of rotatable bonds is 1. The lowest BCUT2D eigenvalue weighted by Crippen LogP contribution is -2.29. The molecule has 0 radical (unpaired) electrons. The van der Waals surface area contributed by atoms with Crippen LogP contribution in [0, 0.1) is 18.6 Å². The fourth-order valence-corrected chi connectivity index (χ4v) is 1.89. The molecule has 1 aliphatic rings. The van der Waals surface area contributed by atoms with Crippen molar-refractivity contribution in [2.24, 2.45) is 0 Å². The molecule has 0 aromatic heterocycles. The number of benzene rings is 1. The van der Waals surface area contributed by atoms with E-state index in [-0.39, 0.29) is 17.5 Å². The highest BCUT2D eigenvalue weighted by atomic mass is 19.1. The van der Waals surface area contributed by atoms with Crippen LogP contribution in [0.3, 0.4) is 0 Å². The Morgan fingerprint density at radius 3 is 2.41 bits per heavy atom. The summed E-state index contributed by atoms with van der Waals surface area (Å²) in [5, 5.41) is 0. The van der Waals surface area contributed by atoms with Crippen molar-refractivity contribution in [1.82, 2.24) is 0 Å². The lowest BCUT2D eigenvalue weighted by molar-refractivity contribution is -0.153. The molecule has 0 amide bonds. The van der Waals surface area contributed by atoms with Crippen molar-refractivity contribution in [3.8, 4) is 0 Å². The van der Waals surface area contributed by atoms with Gasteiger partial charge in [-0.1, -0.05) is 0 Å². The second-order valence-electron chi connectivity index (χ2n) is 4.35. The highest BCUT2D eigenvalue weighted by Gasteiger charge is 2.48. The summed E-state index contributed by atoms with van der Waals surface area (Å²) in [7, 11) is 0. The van der Waals surface area contributed by atoms with E-state index in [2.05, 4.69) is 4.74 Å². The summed E-state index contributed by atoms with van der Waals surface area (Å²) in [5.74, 6) is -2.89. The standard InChI is InChI=1S/C12H10F2O3/c1-6-3-9(14)7(4-8(6)13)12(2)5-10(15)17-11(12)16/h3-4H,5H2,1-2H3. The molecule has 1 fully saturated rings. The Morgan fingerprint density at radius 2 is 1.88 bits per heavy atom. The Kier molecular flexibility index (Phi) is 2.49. The number of carbonyl (C=O) groups excluding carboxylic acids is 2. The van der Waals surface area contributed by atoms with E-state index in [0.717, 1.165) is 12.1 Å². The molecule has 1 aromatic rings. The maximum absolute atomic E-state index is 13.7. The Bertz CT molecular complexity index is 525. The minimum absolute atomic E-state index is 0.142. The molecule has 3 nitrogen and oxygen atoms in total. The summed E-state index contributed by atoms with van der Waals surface area (Å²) >= 11 is 0. The highest BCUT2D eigenvalue weighted by Crippen LogP contribution is 2.36. The highest BCUT2D eigenvalue weighted by molar-refractivity contribution is 6.00. The Morgan fingerprint density at radius 1 is 1.24 bits per heavy atom. The van der Waals surface area contributed by atoms with Gasteiger partial charge < -0.3 is 4.74 Å². The van der Waals surface area contributed by atoms with Crippen molar-refractivity contribution >= 4 is 11.9 Å². The molecule has 1 unspecified atom stereocenters. The van der Waals surface area contributed by atoms with E-state index in [1.165, 1.54) is 13.8 Å². The number of hydrogen-bond acceptors (Lipinski definition) is 3. The van der Waals surface area contributed by atoms with Crippen molar-refractivity contribution in [2.75, 3.05) is 0 Å². The number of esters is 2. The zero-order valence-electron chi connectivity index (χ0n) is 9.34.